The van der Waals surface area contributed by atoms with Crippen molar-refractivity contribution in [3.05, 3.63) is 167 Å². The summed E-state index contributed by atoms with van der Waals surface area (Å²) in [5.74, 6) is -0.580. The van der Waals surface area contributed by atoms with E-state index in [0.29, 0.717) is 44.5 Å². The summed E-state index contributed by atoms with van der Waals surface area (Å²) in [4.78, 5) is 78.8. The number of nitrogens with zero attached hydrogens (tertiary/aromatic N) is 9. The lowest BCUT2D eigenvalue weighted by Crippen LogP contribution is -2.61. The number of rotatable bonds is 16. The third-order valence-corrected chi connectivity index (χ3v) is 14.2. The van der Waals surface area contributed by atoms with Crippen LogP contribution in [0.25, 0.3) is 10.4 Å². The number of nitrogens with one attached hydrogen (secondary N) is 3. The molecular weight excluding hydrogens is 1020 g/mol. The van der Waals surface area contributed by atoms with E-state index in [2.05, 4.69) is 45.4 Å². The van der Waals surface area contributed by atoms with Gasteiger partial charge in [0.2, 0.25) is 11.8 Å². The first-order valence-electron chi connectivity index (χ1n) is 26.5. The van der Waals surface area contributed by atoms with E-state index in [1.54, 1.807) is 25.4 Å². The van der Waals surface area contributed by atoms with Crippen molar-refractivity contribution in [2.24, 2.45) is 11.0 Å². The Morgan fingerprint density at radius 3 is 2.39 bits per heavy atom. The van der Waals surface area contributed by atoms with Crippen molar-refractivity contribution in [1.82, 2.24) is 44.5 Å². The Balaban J connectivity index is 0.000000215. The van der Waals surface area contributed by atoms with E-state index in [4.69, 9.17) is 31.0 Å². The van der Waals surface area contributed by atoms with Gasteiger partial charge in [-0.2, -0.15) is 4.98 Å². The minimum absolute atomic E-state index is 0.0202. The number of ether oxygens (including phenoxy) is 2. The number of benzene rings is 2. The average molecular weight is 1090 g/mol. The summed E-state index contributed by atoms with van der Waals surface area (Å²) in [6.45, 7) is 9.98. The van der Waals surface area contributed by atoms with Gasteiger partial charge < -0.3 is 46.3 Å². The molecule has 10 atom stereocenters. The van der Waals surface area contributed by atoms with Crippen LogP contribution in [0.3, 0.4) is 0 Å². The van der Waals surface area contributed by atoms with Gasteiger partial charge in [-0.05, 0) is 93.3 Å². The fraction of sp³-hybridized carbons (Fsp3) is 0.509. The molecule has 24 nitrogen and oxygen atoms in total. The molecule has 2 amide bonds. The maximum absolute atomic E-state index is 13.8. The SMILES string of the molecule is CC(C)(C)NC(=O)[C@@H]1CN(Cc2cccnc2)CCN1C[C@@H](O)C[C@@H](Cc1ccccc1)C(=O)N[C@H]1c2ccccc2C[C@H]1O.Cc1cn([C@H]2C[C@H](N=[N+]=[N-])[C@@H](CO)O2)c(=O)[nH]c1=O.Nc1ccn([C@H]2CC[C@@H](CO)O2)c(=O)n1. The lowest BCUT2D eigenvalue weighted by atomic mass is 9.91. The minimum atomic E-state index is -0.833. The molecule has 0 radical (unpaired) electrons. The molecule has 24 heteroatoms. The van der Waals surface area contributed by atoms with Gasteiger partial charge in [-0.25, -0.2) is 9.59 Å². The zero-order valence-electron chi connectivity index (χ0n) is 45.0. The van der Waals surface area contributed by atoms with Crippen molar-refractivity contribution in [3.63, 3.8) is 0 Å². The number of H-pyrrole nitrogens is 1. The summed E-state index contributed by atoms with van der Waals surface area (Å²) >= 11 is 0. The minimum Gasteiger partial charge on any atom is -0.394 e. The van der Waals surface area contributed by atoms with Crippen LogP contribution in [0, 0.1) is 12.8 Å². The highest BCUT2D eigenvalue weighted by Crippen LogP contribution is 2.33. The quantitative estimate of drug-likeness (QED) is 0.0399. The second-order valence-electron chi connectivity index (χ2n) is 21.4. The first-order valence-corrected chi connectivity index (χ1v) is 26.5. The summed E-state index contributed by atoms with van der Waals surface area (Å²) in [5, 5.41) is 50.1. The number of aryl methyl sites for hydroxylation is 1. The standard InChI is InChI=1S/C36H47N5O4.C10H13N5O4.C9H13N3O3/c1-36(2,3)39-35(45)31-24-40(22-26-12-9-15-37-21-26)16-17-41(31)23-29(42)19-28(18-25-10-5-4-6-11-25)34(44)38-33-30-14-8-7-13-27(30)20-32(33)43;1-5-3-15(10(18)12-9(5)17)8-2-6(13-14-11)7(4-16)19-8;10-7-3-4-12(9(14)11-7)8-2-1-6(5-13)15-8/h4-15,21,28-29,31-33,42-43H,16-20,22-24H2,1-3H3,(H,38,44)(H,39,45);3,6-8,16H,2,4H2,1H3,(H,12,17,18);3-4,6,8,13H,1-2,5H2,(H2,10,11,14)/t28-,29+,31+,32-,33+;6-,7+,8+;6-,8+/m100/s1. The molecule has 1 aliphatic carbocycles. The molecule has 0 spiro atoms. The van der Waals surface area contributed by atoms with E-state index < -0.39 is 71.1 Å². The van der Waals surface area contributed by atoms with Crippen molar-refractivity contribution in [3.8, 4) is 0 Å². The summed E-state index contributed by atoms with van der Waals surface area (Å²) in [6.07, 6.45) is 6.09. The normalized spacial score (nSPS) is 23.6. The van der Waals surface area contributed by atoms with Crippen LogP contribution >= 0.6 is 0 Å². The highest BCUT2D eigenvalue weighted by Gasteiger charge is 2.39. The van der Waals surface area contributed by atoms with Gasteiger partial charge >= 0.3 is 11.4 Å². The van der Waals surface area contributed by atoms with E-state index >= 15 is 0 Å². The highest BCUT2D eigenvalue weighted by atomic mass is 16.5. The third kappa shape index (κ3) is 16.5. The number of aliphatic hydroxyl groups is 4. The number of fused-ring (bicyclic) bond motifs is 1. The average Bonchev–Trinajstić information content (AvgIpc) is 4.25. The number of pyridine rings is 1. The maximum atomic E-state index is 13.8. The predicted molar refractivity (Wildman–Crippen MR) is 292 cm³/mol. The number of hydrogen-bond donors (Lipinski definition) is 8. The number of nitrogen functional groups attached to an aromatic ring is 1. The second kappa shape index (κ2) is 27.7. The number of piperazine rings is 1. The molecule has 3 saturated heterocycles. The molecule has 9 rings (SSSR count). The van der Waals surface area contributed by atoms with Gasteiger partial charge in [-0.3, -0.25) is 43.3 Å². The Labute approximate surface area is 456 Å². The number of carbonyl (C=O) groups excluding carboxylic acids is 2. The topological polar surface area (TPSA) is 341 Å². The molecule has 0 saturated carbocycles. The van der Waals surface area contributed by atoms with Crippen LogP contribution in [0.4, 0.5) is 5.82 Å². The number of amides is 2. The van der Waals surface area contributed by atoms with Crippen LogP contribution in [0.2, 0.25) is 0 Å². The lowest BCUT2D eigenvalue weighted by molar-refractivity contribution is -0.132. The molecule has 3 aromatic heterocycles. The molecular formula is C55H73N13O11. The first kappa shape index (κ1) is 59.5. The summed E-state index contributed by atoms with van der Waals surface area (Å²) in [7, 11) is 0. The van der Waals surface area contributed by atoms with Gasteiger partial charge in [0.25, 0.3) is 5.56 Å². The smallest absolute Gasteiger partial charge is 0.351 e. The van der Waals surface area contributed by atoms with Crippen LogP contribution in [-0.4, -0.2) is 148 Å². The van der Waals surface area contributed by atoms with Gasteiger partial charge in [0.05, 0.1) is 49.7 Å². The van der Waals surface area contributed by atoms with E-state index in [0.717, 1.165) is 35.2 Å². The summed E-state index contributed by atoms with van der Waals surface area (Å²) in [5.41, 5.74) is 16.4. The molecule has 424 valence electrons. The zero-order chi connectivity index (χ0) is 56.8. The molecule has 4 aliphatic rings. The van der Waals surface area contributed by atoms with Crippen LogP contribution < -0.4 is 33.3 Å². The van der Waals surface area contributed by atoms with Crippen molar-refractivity contribution >= 4 is 17.6 Å². The monoisotopic (exact) mass is 1090 g/mol. The van der Waals surface area contributed by atoms with Crippen molar-refractivity contribution in [2.45, 2.75) is 133 Å². The van der Waals surface area contributed by atoms with E-state index in [1.165, 1.54) is 15.3 Å². The van der Waals surface area contributed by atoms with Gasteiger partial charge in [-0.15, -0.1) is 0 Å². The van der Waals surface area contributed by atoms with Crippen LogP contribution in [0.1, 0.15) is 92.8 Å². The number of hydrogen-bond acceptors (Lipinski definition) is 17. The van der Waals surface area contributed by atoms with E-state index in [1.807, 2.05) is 93.7 Å². The van der Waals surface area contributed by atoms with Crippen LogP contribution in [0.15, 0.2) is 117 Å². The predicted octanol–water partition coefficient (Wildman–Crippen LogP) is 2.17. The summed E-state index contributed by atoms with van der Waals surface area (Å²) < 4.78 is 13.5. The largest absolute Gasteiger partial charge is 0.394 e. The van der Waals surface area contributed by atoms with Crippen molar-refractivity contribution < 1.29 is 39.5 Å². The molecule has 79 heavy (non-hydrogen) atoms. The van der Waals surface area contributed by atoms with Crippen LogP contribution in [-0.2, 0) is 38.4 Å². The Bertz CT molecular complexity index is 3040. The number of aromatic amines is 1. The Kier molecular flexibility index (Phi) is 20.8. The molecule has 3 aliphatic heterocycles. The van der Waals surface area contributed by atoms with Crippen molar-refractivity contribution in [1.29, 1.82) is 0 Å². The fourth-order valence-electron chi connectivity index (χ4n) is 10.3. The molecule has 0 bridgehead atoms. The lowest BCUT2D eigenvalue weighted by Gasteiger charge is -2.42. The Hall–Kier alpha value is -7.12. The third-order valence-electron chi connectivity index (χ3n) is 14.2. The Morgan fingerprint density at radius 2 is 1.71 bits per heavy atom. The van der Waals surface area contributed by atoms with Gasteiger partial charge in [0, 0.05) is 92.3 Å². The number of β-amino-alcohol motifs (C(OH)–C–C–N with tert-alkyl or cyclic N) is 1. The number of aliphatic hydroxyl groups excluding tert-OH is 4. The van der Waals surface area contributed by atoms with Gasteiger partial charge in [0.1, 0.15) is 24.3 Å². The number of anilines is 1. The highest BCUT2D eigenvalue weighted by molar-refractivity contribution is 5.83. The molecule has 6 heterocycles. The maximum Gasteiger partial charge on any atom is 0.351 e. The first-order chi connectivity index (χ1) is 37.8. The van der Waals surface area contributed by atoms with Crippen LogP contribution in [0.5, 0.6) is 0 Å². The fourth-order valence-corrected chi connectivity index (χ4v) is 10.3. The molecule has 0 unspecified atom stereocenters. The molecule has 2 aromatic carbocycles. The number of aromatic nitrogens is 5. The zero-order valence-corrected chi connectivity index (χ0v) is 45.0. The van der Waals surface area contributed by atoms with Gasteiger partial charge in [0.15, 0.2) is 0 Å². The van der Waals surface area contributed by atoms with Crippen molar-refractivity contribution in [2.75, 3.05) is 45.1 Å². The summed E-state index contributed by atoms with van der Waals surface area (Å²) in [6, 6.07) is 21.6. The van der Waals surface area contributed by atoms with E-state index in [-0.39, 0.29) is 62.6 Å². The van der Waals surface area contributed by atoms with Gasteiger partial charge in [-0.1, -0.05) is 65.8 Å². The molecule has 9 N–H and O–H groups in total. The van der Waals surface area contributed by atoms with E-state index in [9.17, 15) is 34.2 Å². The number of azide groups is 1. The number of nitrogens with two attached hydrogens (primary N) is 1. The Morgan fingerprint density at radius 1 is 0.962 bits per heavy atom. The number of carbonyl (C=O) groups is 2. The second-order valence-corrected chi connectivity index (χ2v) is 21.4. The molecule has 3 fully saturated rings. The molecule has 5 aromatic rings.